The number of carbonyl (C=O) groups is 1. The van der Waals surface area contributed by atoms with Crippen LogP contribution in [0, 0.1) is 5.82 Å². The lowest BCUT2D eigenvalue weighted by molar-refractivity contribution is 0.0571. The molecular formula is C20H19ClFNO. The highest BCUT2D eigenvalue weighted by atomic mass is 35.5. The number of hydrogen-bond donors (Lipinski definition) is 0. The van der Waals surface area contributed by atoms with E-state index < -0.39 is 0 Å². The van der Waals surface area contributed by atoms with Crippen molar-refractivity contribution >= 4 is 17.5 Å². The van der Waals surface area contributed by atoms with Crippen LogP contribution in [0.25, 0.3) is 0 Å². The number of fused-ring (bicyclic) bond motifs is 2. The van der Waals surface area contributed by atoms with Gasteiger partial charge in [0.25, 0.3) is 5.91 Å². The lowest BCUT2D eigenvalue weighted by Gasteiger charge is -2.39. The molecule has 0 saturated carbocycles. The molecule has 124 valence electrons. The second-order valence-corrected chi connectivity index (χ2v) is 7.20. The molecule has 1 amide bonds. The molecule has 2 aliphatic rings. The van der Waals surface area contributed by atoms with Crippen LogP contribution in [0.4, 0.5) is 4.39 Å². The number of hydrogen-bond acceptors (Lipinski definition) is 1. The maximum Gasteiger partial charge on any atom is 0.255 e. The molecule has 0 aromatic heterocycles. The Hall–Kier alpha value is -1.87. The first-order chi connectivity index (χ1) is 11.6. The Morgan fingerprint density at radius 1 is 1.00 bits per heavy atom. The fourth-order valence-corrected chi connectivity index (χ4v) is 4.51. The maximum absolute atomic E-state index is 13.1. The third kappa shape index (κ3) is 2.71. The molecule has 2 heterocycles. The molecule has 2 nitrogen and oxygen atoms in total. The SMILES string of the molecule is O=C(c1ccccc1Cl)N1[C@@H]2CC[C@H]1CC(c1ccc(F)cc1)C2. The van der Waals surface area contributed by atoms with Crippen LogP contribution in [-0.4, -0.2) is 22.9 Å². The normalized spacial score (nSPS) is 25.8. The Morgan fingerprint density at radius 3 is 2.25 bits per heavy atom. The number of nitrogens with zero attached hydrogens (tertiary/aromatic N) is 1. The zero-order valence-electron chi connectivity index (χ0n) is 13.3. The van der Waals surface area contributed by atoms with Gasteiger partial charge in [-0.1, -0.05) is 35.9 Å². The Labute approximate surface area is 146 Å². The monoisotopic (exact) mass is 343 g/mol. The minimum absolute atomic E-state index is 0.0469. The Bertz CT molecular complexity index is 746. The molecule has 2 aromatic carbocycles. The van der Waals surface area contributed by atoms with Gasteiger partial charge in [-0.15, -0.1) is 0 Å². The van der Waals surface area contributed by atoms with Gasteiger partial charge in [-0.2, -0.15) is 0 Å². The van der Waals surface area contributed by atoms with Crippen molar-refractivity contribution in [3.63, 3.8) is 0 Å². The van der Waals surface area contributed by atoms with E-state index in [2.05, 4.69) is 0 Å². The van der Waals surface area contributed by atoms with Gasteiger partial charge in [-0.05, 0) is 61.4 Å². The summed E-state index contributed by atoms with van der Waals surface area (Å²) >= 11 is 6.21. The van der Waals surface area contributed by atoms with E-state index in [4.69, 9.17) is 11.6 Å². The van der Waals surface area contributed by atoms with Crippen LogP contribution in [0.2, 0.25) is 5.02 Å². The largest absolute Gasteiger partial charge is 0.333 e. The van der Waals surface area contributed by atoms with E-state index in [-0.39, 0.29) is 23.8 Å². The Morgan fingerprint density at radius 2 is 1.62 bits per heavy atom. The fraction of sp³-hybridized carbons (Fsp3) is 0.350. The van der Waals surface area contributed by atoms with Gasteiger partial charge in [0.2, 0.25) is 0 Å². The van der Waals surface area contributed by atoms with Gasteiger partial charge in [0, 0.05) is 12.1 Å². The quantitative estimate of drug-likeness (QED) is 0.749. The minimum atomic E-state index is -0.201. The first kappa shape index (κ1) is 15.6. The van der Waals surface area contributed by atoms with Crippen LogP contribution in [0.15, 0.2) is 48.5 Å². The van der Waals surface area contributed by atoms with Crippen LogP contribution in [0.5, 0.6) is 0 Å². The summed E-state index contributed by atoms with van der Waals surface area (Å²) < 4.78 is 13.1. The van der Waals surface area contributed by atoms with Crippen LogP contribution >= 0.6 is 11.6 Å². The van der Waals surface area contributed by atoms with E-state index in [0.717, 1.165) is 25.7 Å². The number of rotatable bonds is 2. The van der Waals surface area contributed by atoms with E-state index in [9.17, 15) is 9.18 Å². The molecule has 3 atom stereocenters. The van der Waals surface area contributed by atoms with Gasteiger partial charge in [-0.3, -0.25) is 4.79 Å². The highest BCUT2D eigenvalue weighted by molar-refractivity contribution is 6.33. The van der Waals surface area contributed by atoms with Crippen molar-refractivity contribution in [2.75, 3.05) is 0 Å². The number of carbonyl (C=O) groups excluding carboxylic acids is 1. The highest BCUT2D eigenvalue weighted by Gasteiger charge is 2.43. The summed E-state index contributed by atoms with van der Waals surface area (Å²) in [6.45, 7) is 0. The Balaban J connectivity index is 1.56. The molecule has 2 aromatic rings. The number of piperidine rings is 1. The summed E-state index contributed by atoms with van der Waals surface area (Å²) in [6, 6.07) is 14.6. The third-order valence-electron chi connectivity index (χ3n) is 5.41. The number of benzene rings is 2. The van der Waals surface area contributed by atoms with Crippen molar-refractivity contribution in [3.8, 4) is 0 Å². The van der Waals surface area contributed by atoms with Crippen LogP contribution in [-0.2, 0) is 0 Å². The zero-order valence-corrected chi connectivity index (χ0v) is 14.0. The van der Waals surface area contributed by atoms with E-state index in [1.807, 2.05) is 29.2 Å². The molecule has 0 spiro atoms. The third-order valence-corrected chi connectivity index (χ3v) is 5.74. The second kappa shape index (κ2) is 6.21. The molecule has 1 unspecified atom stereocenters. The molecule has 0 radical (unpaired) electrons. The summed E-state index contributed by atoms with van der Waals surface area (Å²) in [5.74, 6) is 0.247. The van der Waals surface area contributed by atoms with Gasteiger partial charge < -0.3 is 4.90 Å². The topological polar surface area (TPSA) is 20.3 Å². The summed E-state index contributed by atoms with van der Waals surface area (Å²) in [5.41, 5.74) is 1.77. The molecule has 24 heavy (non-hydrogen) atoms. The predicted octanol–water partition coefficient (Wildman–Crippen LogP) is 5.03. The van der Waals surface area contributed by atoms with Gasteiger partial charge in [0.1, 0.15) is 5.82 Å². The van der Waals surface area contributed by atoms with Crippen molar-refractivity contribution in [1.29, 1.82) is 0 Å². The molecule has 0 N–H and O–H groups in total. The van der Waals surface area contributed by atoms with Crippen molar-refractivity contribution in [2.45, 2.75) is 43.7 Å². The lowest BCUT2D eigenvalue weighted by Crippen LogP contribution is -2.46. The maximum atomic E-state index is 13.1. The molecule has 2 saturated heterocycles. The second-order valence-electron chi connectivity index (χ2n) is 6.80. The smallest absolute Gasteiger partial charge is 0.255 e. The number of halogens is 2. The molecular weight excluding hydrogens is 325 g/mol. The molecule has 2 bridgehead atoms. The summed E-state index contributed by atoms with van der Waals surface area (Å²) in [4.78, 5) is 15.0. The van der Waals surface area contributed by atoms with Crippen LogP contribution in [0.1, 0.15) is 47.5 Å². The standard InChI is InChI=1S/C20H19ClFNO/c21-19-4-2-1-3-18(19)20(24)23-16-9-10-17(23)12-14(11-16)13-5-7-15(22)8-6-13/h1-8,14,16-17H,9-12H2/t14?,16-,17+. The summed E-state index contributed by atoms with van der Waals surface area (Å²) in [7, 11) is 0. The van der Waals surface area contributed by atoms with Gasteiger partial charge in [0.05, 0.1) is 10.6 Å². The van der Waals surface area contributed by atoms with Crippen molar-refractivity contribution in [1.82, 2.24) is 4.90 Å². The van der Waals surface area contributed by atoms with E-state index in [0.29, 0.717) is 16.5 Å². The predicted molar refractivity (Wildman–Crippen MR) is 92.8 cm³/mol. The van der Waals surface area contributed by atoms with Gasteiger partial charge in [-0.25, -0.2) is 4.39 Å². The van der Waals surface area contributed by atoms with Crippen molar-refractivity contribution in [3.05, 3.63) is 70.5 Å². The van der Waals surface area contributed by atoms with Crippen LogP contribution in [0.3, 0.4) is 0 Å². The fourth-order valence-electron chi connectivity index (χ4n) is 4.29. The lowest BCUT2D eigenvalue weighted by atomic mass is 9.85. The van der Waals surface area contributed by atoms with Gasteiger partial charge in [0.15, 0.2) is 0 Å². The van der Waals surface area contributed by atoms with Gasteiger partial charge >= 0.3 is 0 Å². The van der Waals surface area contributed by atoms with Crippen molar-refractivity contribution in [2.24, 2.45) is 0 Å². The first-order valence-electron chi connectivity index (χ1n) is 8.46. The van der Waals surface area contributed by atoms with Crippen LogP contribution < -0.4 is 0 Å². The summed E-state index contributed by atoms with van der Waals surface area (Å²) in [6.07, 6.45) is 3.97. The molecule has 0 aliphatic carbocycles. The van der Waals surface area contributed by atoms with E-state index >= 15 is 0 Å². The zero-order chi connectivity index (χ0) is 16.7. The van der Waals surface area contributed by atoms with Crippen molar-refractivity contribution < 1.29 is 9.18 Å². The van der Waals surface area contributed by atoms with E-state index in [1.165, 1.54) is 17.7 Å². The summed E-state index contributed by atoms with van der Waals surface area (Å²) in [5, 5.41) is 0.516. The average Bonchev–Trinajstić information content (AvgIpc) is 2.85. The molecule has 4 rings (SSSR count). The number of amides is 1. The molecule has 2 aliphatic heterocycles. The molecule has 4 heteroatoms. The minimum Gasteiger partial charge on any atom is -0.333 e. The van der Waals surface area contributed by atoms with E-state index in [1.54, 1.807) is 12.1 Å². The average molecular weight is 344 g/mol. The first-order valence-corrected chi connectivity index (χ1v) is 8.84. The Kier molecular flexibility index (Phi) is 4.05. The highest BCUT2D eigenvalue weighted by Crippen LogP contribution is 2.44. The molecule has 2 fully saturated rings.